The Kier molecular flexibility index (Phi) is 6.56. The normalized spacial score (nSPS) is 16.3. The predicted octanol–water partition coefficient (Wildman–Crippen LogP) is 4.68. The molecule has 0 heterocycles. The van der Waals surface area contributed by atoms with Crippen LogP contribution in [0.5, 0.6) is 5.75 Å². The van der Waals surface area contributed by atoms with Crippen molar-refractivity contribution in [3.05, 3.63) is 64.7 Å². The number of benzene rings is 2. The van der Waals surface area contributed by atoms with Crippen LogP contribution in [0.1, 0.15) is 54.9 Å². The maximum absolute atomic E-state index is 12.5. The Bertz CT molecular complexity index is 911. The van der Waals surface area contributed by atoms with E-state index in [1.165, 1.54) is 0 Å². The number of halogens is 1. The molecule has 1 N–H and O–H groups in total. The molecule has 150 valence electrons. The van der Waals surface area contributed by atoms with Gasteiger partial charge in [0.1, 0.15) is 11.3 Å². The molecule has 1 saturated carbocycles. The zero-order chi connectivity index (χ0) is 20.9. The van der Waals surface area contributed by atoms with E-state index in [-0.39, 0.29) is 11.7 Å². The molecule has 0 saturated heterocycles. The zero-order valence-electron chi connectivity index (χ0n) is 16.3. The number of carbonyl (C=O) groups excluding carboxylic acids is 2. The van der Waals surface area contributed by atoms with Crippen LogP contribution in [-0.2, 0) is 4.79 Å². The highest BCUT2D eigenvalue weighted by molar-refractivity contribution is 6.30. The molecule has 0 spiro atoms. The van der Waals surface area contributed by atoms with Gasteiger partial charge < -0.3 is 10.1 Å². The second-order valence-electron chi connectivity index (χ2n) is 7.36. The average Bonchev–Trinajstić information content (AvgIpc) is 2.75. The molecule has 5 nitrogen and oxygen atoms in total. The lowest BCUT2D eigenvalue weighted by Gasteiger charge is -2.32. The summed E-state index contributed by atoms with van der Waals surface area (Å²) in [5.74, 6) is 0.0528. The van der Waals surface area contributed by atoms with Gasteiger partial charge in [0.25, 0.3) is 5.91 Å². The van der Waals surface area contributed by atoms with Crippen molar-refractivity contribution in [1.82, 2.24) is 5.32 Å². The number of rotatable bonds is 6. The number of carbonyl (C=O) groups is 2. The molecular weight excluding hydrogens is 388 g/mol. The van der Waals surface area contributed by atoms with E-state index in [9.17, 15) is 14.9 Å². The Morgan fingerprint density at radius 3 is 2.14 bits per heavy atom. The summed E-state index contributed by atoms with van der Waals surface area (Å²) in [4.78, 5) is 25.0. The molecule has 0 radical (unpaired) electrons. The van der Waals surface area contributed by atoms with E-state index in [1.807, 2.05) is 0 Å². The summed E-state index contributed by atoms with van der Waals surface area (Å²) >= 11 is 5.86. The molecule has 29 heavy (non-hydrogen) atoms. The molecule has 1 aliphatic carbocycles. The van der Waals surface area contributed by atoms with Crippen molar-refractivity contribution in [2.24, 2.45) is 0 Å². The minimum atomic E-state index is -0.790. The Morgan fingerprint density at radius 2 is 1.59 bits per heavy atom. The molecule has 1 atom stereocenters. The summed E-state index contributed by atoms with van der Waals surface area (Å²) in [5, 5.41) is 12.9. The summed E-state index contributed by atoms with van der Waals surface area (Å²) in [6, 6.07) is 15.6. The number of ether oxygens (including phenoxy) is 1. The predicted molar refractivity (Wildman–Crippen MR) is 111 cm³/mol. The zero-order valence-corrected chi connectivity index (χ0v) is 17.0. The molecule has 2 aromatic rings. The van der Waals surface area contributed by atoms with Gasteiger partial charge in [-0.2, -0.15) is 5.26 Å². The number of amides is 1. The minimum Gasteiger partial charge on any atom is -0.481 e. The van der Waals surface area contributed by atoms with E-state index in [2.05, 4.69) is 11.4 Å². The molecule has 1 fully saturated rings. The second-order valence-corrected chi connectivity index (χ2v) is 7.80. The highest BCUT2D eigenvalue weighted by Crippen LogP contribution is 2.28. The molecule has 2 aromatic carbocycles. The van der Waals surface area contributed by atoms with Crippen molar-refractivity contribution in [3.8, 4) is 11.8 Å². The summed E-state index contributed by atoms with van der Waals surface area (Å²) in [7, 11) is 0. The van der Waals surface area contributed by atoms with E-state index in [1.54, 1.807) is 55.5 Å². The molecular formula is C23H23ClN2O3. The molecule has 3 rings (SSSR count). The van der Waals surface area contributed by atoms with Crippen molar-refractivity contribution < 1.29 is 14.3 Å². The summed E-state index contributed by atoms with van der Waals surface area (Å²) in [5.41, 5.74) is 0.273. The maximum atomic E-state index is 12.5. The number of nitrogens with zero attached hydrogens (tertiary/aromatic N) is 1. The second kappa shape index (κ2) is 9.11. The SMILES string of the molecule is C[C@@H](Oc1ccc(C(=O)c2ccc(Cl)cc2)cc1)C(=O)NC1(C#N)CCCCC1. The van der Waals surface area contributed by atoms with Gasteiger partial charge in [-0.25, -0.2) is 0 Å². The number of hydrogen-bond donors (Lipinski definition) is 1. The van der Waals surface area contributed by atoms with Crippen LogP contribution in [0.3, 0.4) is 0 Å². The summed E-state index contributed by atoms with van der Waals surface area (Å²) in [6.45, 7) is 1.65. The number of hydrogen-bond acceptors (Lipinski definition) is 4. The van der Waals surface area contributed by atoms with Crippen molar-refractivity contribution in [3.63, 3.8) is 0 Å². The smallest absolute Gasteiger partial charge is 0.262 e. The van der Waals surface area contributed by atoms with Crippen molar-refractivity contribution >= 4 is 23.3 Å². The van der Waals surface area contributed by atoms with E-state index in [0.717, 1.165) is 19.3 Å². The Morgan fingerprint density at radius 1 is 1.03 bits per heavy atom. The lowest BCUT2D eigenvalue weighted by atomic mass is 9.83. The first-order chi connectivity index (χ1) is 13.9. The standard InChI is InChI=1S/C23H23ClN2O3/c1-16(22(28)26-23(15-25)13-3-2-4-14-23)29-20-11-7-18(8-12-20)21(27)17-5-9-19(24)10-6-17/h5-12,16H,2-4,13-14H2,1H3,(H,26,28)/t16-/m1/s1. The van der Waals surface area contributed by atoms with Gasteiger partial charge >= 0.3 is 0 Å². The van der Waals surface area contributed by atoms with E-state index >= 15 is 0 Å². The van der Waals surface area contributed by atoms with Gasteiger partial charge in [0, 0.05) is 16.1 Å². The van der Waals surface area contributed by atoms with Gasteiger partial charge in [0.05, 0.1) is 6.07 Å². The van der Waals surface area contributed by atoms with E-state index < -0.39 is 11.6 Å². The molecule has 0 unspecified atom stereocenters. The van der Waals surface area contributed by atoms with E-state index in [0.29, 0.717) is 34.7 Å². The van der Waals surface area contributed by atoms with Gasteiger partial charge in [0.2, 0.25) is 0 Å². The van der Waals surface area contributed by atoms with Crippen LogP contribution in [0, 0.1) is 11.3 Å². The van der Waals surface area contributed by atoms with Gasteiger partial charge in [-0.05, 0) is 68.3 Å². The third-order valence-electron chi connectivity index (χ3n) is 5.19. The van der Waals surface area contributed by atoms with E-state index in [4.69, 9.17) is 16.3 Å². The maximum Gasteiger partial charge on any atom is 0.262 e. The highest BCUT2D eigenvalue weighted by Gasteiger charge is 2.35. The summed E-state index contributed by atoms with van der Waals surface area (Å²) in [6.07, 6.45) is 3.55. The molecule has 1 amide bonds. The fourth-order valence-electron chi connectivity index (χ4n) is 3.47. The Balaban J connectivity index is 1.61. The number of nitrogens with one attached hydrogen (secondary N) is 1. The van der Waals surface area contributed by atoms with Gasteiger partial charge in [-0.1, -0.05) is 30.9 Å². The highest BCUT2D eigenvalue weighted by atomic mass is 35.5. The first-order valence-corrected chi connectivity index (χ1v) is 10.1. The lowest BCUT2D eigenvalue weighted by Crippen LogP contribution is -2.52. The fraction of sp³-hybridized carbons (Fsp3) is 0.348. The van der Waals surface area contributed by atoms with Crippen LogP contribution in [0.4, 0.5) is 0 Å². The molecule has 0 aromatic heterocycles. The van der Waals surface area contributed by atoms with Crippen LogP contribution in [0.25, 0.3) is 0 Å². The van der Waals surface area contributed by atoms with Crippen LogP contribution >= 0.6 is 11.6 Å². The lowest BCUT2D eigenvalue weighted by molar-refractivity contribution is -0.129. The van der Waals surface area contributed by atoms with Gasteiger partial charge in [-0.3, -0.25) is 9.59 Å². The molecule has 6 heteroatoms. The van der Waals surface area contributed by atoms with Crippen LogP contribution < -0.4 is 10.1 Å². The van der Waals surface area contributed by atoms with Crippen molar-refractivity contribution in [1.29, 1.82) is 5.26 Å². The first kappa shape index (κ1) is 20.9. The third-order valence-corrected chi connectivity index (χ3v) is 5.44. The third kappa shape index (κ3) is 5.16. The van der Waals surface area contributed by atoms with Crippen LogP contribution in [0.15, 0.2) is 48.5 Å². The monoisotopic (exact) mass is 410 g/mol. The average molecular weight is 411 g/mol. The minimum absolute atomic E-state index is 0.118. The Labute approximate surface area is 175 Å². The first-order valence-electron chi connectivity index (χ1n) is 9.73. The van der Waals surface area contributed by atoms with Gasteiger partial charge in [0.15, 0.2) is 11.9 Å². The largest absolute Gasteiger partial charge is 0.481 e. The summed E-state index contributed by atoms with van der Waals surface area (Å²) < 4.78 is 5.71. The fourth-order valence-corrected chi connectivity index (χ4v) is 3.59. The quantitative estimate of drug-likeness (QED) is 0.701. The van der Waals surface area contributed by atoms with Crippen molar-refractivity contribution in [2.75, 3.05) is 0 Å². The number of nitriles is 1. The molecule has 0 bridgehead atoms. The number of ketones is 1. The molecule has 1 aliphatic rings. The van der Waals surface area contributed by atoms with Crippen LogP contribution in [-0.4, -0.2) is 23.3 Å². The van der Waals surface area contributed by atoms with Crippen molar-refractivity contribution in [2.45, 2.75) is 50.7 Å². The van der Waals surface area contributed by atoms with Gasteiger partial charge in [-0.15, -0.1) is 0 Å². The van der Waals surface area contributed by atoms with Crippen LogP contribution in [0.2, 0.25) is 5.02 Å². The Hall–Kier alpha value is -2.84. The topological polar surface area (TPSA) is 79.2 Å². The molecule has 0 aliphatic heterocycles.